The zero-order valence-electron chi connectivity index (χ0n) is 12.0. The van der Waals surface area contributed by atoms with Crippen LogP contribution in [0, 0.1) is 0 Å². The van der Waals surface area contributed by atoms with Gasteiger partial charge in [0.05, 0.1) is 24.1 Å². The first kappa shape index (κ1) is 13.8. The van der Waals surface area contributed by atoms with Crippen LogP contribution in [0.4, 0.5) is 16.3 Å². The lowest BCUT2D eigenvalue weighted by Crippen LogP contribution is -2.19. The summed E-state index contributed by atoms with van der Waals surface area (Å²) in [5.41, 5.74) is 1.52. The lowest BCUT2D eigenvalue weighted by Gasteiger charge is -2.03. The molecule has 112 valence electrons. The number of carbonyl (C=O) groups excluding carboxylic acids is 1. The predicted molar refractivity (Wildman–Crippen MR) is 81.4 cm³/mol. The van der Waals surface area contributed by atoms with E-state index in [1.165, 1.54) is 0 Å². The first-order chi connectivity index (χ1) is 10.7. The molecule has 3 aromatic heterocycles. The number of nitrogens with one attached hydrogen (secondary N) is 2. The van der Waals surface area contributed by atoms with Crippen molar-refractivity contribution in [1.82, 2.24) is 24.5 Å². The zero-order valence-corrected chi connectivity index (χ0v) is 12.0. The quantitative estimate of drug-likeness (QED) is 0.767. The van der Waals surface area contributed by atoms with E-state index in [2.05, 4.69) is 25.8 Å². The van der Waals surface area contributed by atoms with Crippen molar-refractivity contribution in [2.75, 3.05) is 10.6 Å². The first-order valence-corrected chi connectivity index (χ1v) is 6.69. The highest BCUT2D eigenvalue weighted by Gasteiger charge is 2.06. The van der Waals surface area contributed by atoms with Crippen LogP contribution in [0.3, 0.4) is 0 Å². The van der Waals surface area contributed by atoms with Gasteiger partial charge in [-0.3, -0.25) is 19.7 Å². The predicted octanol–water partition coefficient (Wildman–Crippen LogP) is 1.70. The van der Waals surface area contributed by atoms with Gasteiger partial charge in [0.15, 0.2) is 5.82 Å². The monoisotopic (exact) mass is 297 g/mol. The molecule has 2 N–H and O–H groups in total. The average molecular weight is 297 g/mol. The second-order valence-electron chi connectivity index (χ2n) is 4.70. The molecule has 22 heavy (non-hydrogen) atoms. The van der Waals surface area contributed by atoms with E-state index in [1.807, 2.05) is 18.2 Å². The molecule has 0 unspecified atom stereocenters. The molecule has 0 bridgehead atoms. The molecule has 3 heterocycles. The SMILES string of the molecule is Cn1cc(NC(=O)Nc2ccn(Cc3ccccn3)n2)cn1. The van der Waals surface area contributed by atoms with Crippen molar-refractivity contribution < 1.29 is 4.79 Å². The summed E-state index contributed by atoms with van der Waals surface area (Å²) in [7, 11) is 1.78. The maximum absolute atomic E-state index is 11.8. The molecule has 0 aromatic carbocycles. The van der Waals surface area contributed by atoms with E-state index in [9.17, 15) is 4.79 Å². The van der Waals surface area contributed by atoms with Gasteiger partial charge in [-0.05, 0) is 12.1 Å². The highest BCUT2D eigenvalue weighted by Crippen LogP contribution is 2.07. The Morgan fingerprint density at radius 3 is 2.91 bits per heavy atom. The number of anilines is 2. The van der Waals surface area contributed by atoms with Gasteiger partial charge in [0.25, 0.3) is 0 Å². The summed E-state index contributed by atoms with van der Waals surface area (Å²) < 4.78 is 3.32. The second kappa shape index (κ2) is 6.08. The van der Waals surface area contributed by atoms with Crippen LogP contribution in [-0.4, -0.2) is 30.6 Å². The minimum absolute atomic E-state index is 0.365. The average Bonchev–Trinajstić information content (AvgIpc) is 3.09. The van der Waals surface area contributed by atoms with Gasteiger partial charge >= 0.3 is 6.03 Å². The molecule has 2 amide bonds. The molecule has 0 radical (unpaired) electrons. The van der Waals surface area contributed by atoms with Crippen molar-refractivity contribution in [1.29, 1.82) is 0 Å². The Labute approximate surface area is 126 Å². The fraction of sp³-hybridized carbons (Fsp3) is 0.143. The Morgan fingerprint density at radius 2 is 2.18 bits per heavy atom. The first-order valence-electron chi connectivity index (χ1n) is 6.69. The number of hydrogen-bond donors (Lipinski definition) is 2. The van der Waals surface area contributed by atoms with Gasteiger partial charge in [-0.15, -0.1) is 0 Å². The number of aromatic nitrogens is 5. The maximum Gasteiger partial charge on any atom is 0.324 e. The van der Waals surface area contributed by atoms with Crippen LogP contribution in [0.1, 0.15) is 5.69 Å². The van der Waals surface area contributed by atoms with Crippen LogP contribution in [0.15, 0.2) is 49.1 Å². The lowest BCUT2D eigenvalue weighted by atomic mass is 10.3. The molecule has 3 aromatic rings. The van der Waals surface area contributed by atoms with Gasteiger partial charge < -0.3 is 5.32 Å². The molecule has 0 spiro atoms. The molecule has 3 rings (SSSR count). The van der Waals surface area contributed by atoms with Crippen molar-refractivity contribution >= 4 is 17.5 Å². The molecule has 0 aliphatic carbocycles. The van der Waals surface area contributed by atoms with Crippen LogP contribution >= 0.6 is 0 Å². The van der Waals surface area contributed by atoms with Gasteiger partial charge in [-0.1, -0.05) is 6.07 Å². The molecule has 0 fully saturated rings. The number of urea groups is 1. The Morgan fingerprint density at radius 1 is 1.27 bits per heavy atom. The van der Waals surface area contributed by atoms with Crippen molar-refractivity contribution in [3.05, 3.63) is 54.7 Å². The van der Waals surface area contributed by atoms with Crippen molar-refractivity contribution in [3.63, 3.8) is 0 Å². The third-order valence-electron chi connectivity index (χ3n) is 2.90. The molecule has 0 saturated carbocycles. The molecule has 8 nitrogen and oxygen atoms in total. The van der Waals surface area contributed by atoms with E-state index >= 15 is 0 Å². The molecular formula is C14H15N7O. The van der Waals surface area contributed by atoms with Crippen molar-refractivity contribution in [2.45, 2.75) is 6.54 Å². The minimum atomic E-state index is -0.365. The van der Waals surface area contributed by atoms with E-state index in [1.54, 1.807) is 47.3 Å². The van der Waals surface area contributed by atoms with Crippen LogP contribution in [0.5, 0.6) is 0 Å². The molecular weight excluding hydrogens is 282 g/mol. The molecule has 0 aliphatic heterocycles. The smallest absolute Gasteiger partial charge is 0.305 e. The van der Waals surface area contributed by atoms with Gasteiger partial charge in [-0.25, -0.2) is 4.79 Å². The highest BCUT2D eigenvalue weighted by atomic mass is 16.2. The van der Waals surface area contributed by atoms with Gasteiger partial charge in [0, 0.05) is 31.7 Å². The van der Waals surface area contributed by atoms with Gasteiger partial charge in [0.1, 0.15) is 0 Å². The van der Waals surface area contributed by atoms with Gasteiger partial charge in [-0.2, -0.15) is 10.2 Å². The normalized spacial score (nSPS) is 10.4. The Bertz CT molecular complexity index is 762. The summed E-state index contributed by atoms with van der Waals surface area (Å²) in [6.07, 6.45) is 6.80. The number of amides is 2. The van der Waals surface area contributed by atoms with E-state index in [0.29, 0.717) is 18.1 Å². The summed E-state index contributed by atoms with van der Waals surface area (Å²) in [4.78, 5) is 16.1. The lowest BCUT2D eigenvalue weighted by molar-refractivity contribution is 0.262. The minimum Gasteiger partial charge on any atom is -0.305 e. The summed E-state index contributed by atoms with van der Waals surface area (Å²) in [6.45, 7) is 0.548. The molecule has 0 atom stereocenters. The van der Waals surface area contributed by atoms with E-state index in [0.717, 1.165) is 5.69 Å². The Hall–Kier alpha value is -3.16. The van der Waals surface area contributed by atoms with Crippen LogP contribution in [-0.2, 0) is 13.6 Å². The van der Waals surface area contributed by atoms with E-state index in [4.69, 9.17) is 0 Å². The maximum atomic E-state index is 11.8. The van der Waals surface area contributed by atoms with Gasteiger partial charge in [0.2, 0.25) is 0 Å². The largest absolute Gasteiger partial charge is 0.324 e. The standard InChI is InChI=1S/C14H15N7O/c1-20-9-12(8-16-20)17-14(22)18-13-5-7-21(19-13)10-11-4-2-3-6-15-11/h2-9H,10H2,1H3,(H2,17,18,19,22). The Kier molecular flexibility index (Phi) is 3.82. The van der Waals surface area contributed by atoms with Crippen LogP contribution < -0.4 is 10.6 Å². The second-order valence-corrected chi connectivity index (χ2v) is 4.70. The van der Waals surface area contributed by atoms with Crippen molar-refractivity contribution in [2.24, 2.45) is 7.05 Å². The number of hydrogen-bond acceptors (Lipinski definition) is 4. The van der Waals surface area contributed by atoms with Crippen LogP contribution in [0.25, 0.3) is 0 Å². The topological polar surface area (TPSA) is 89.7 Å². The molecule has 8 heteroatoms. The highest BCUT2D eigenvalue weighted by molar-refractivity contribution is 5.98. The number of nitrogens with zero attached hydrogens (tertiary/aromatic N) is 5. The van der Waals surface area contributed by atoms with E-state index < -0.39 is 0 Å². The summed E-state index contributed by atoms with van der Waals surface area (Å²) in [5.74, 6) is 0.470. The summed E-state index contributed by atoms with van der Waals surface area (Å²) in [6, 6.07) is 7.07. The number of pyridine rings is 1. The zero-order chi connectivity index (χ0) is 15.4. The number of rotatable bonds is 4. The summed E-state index contributed by atoms with van der Waals surface area (Å²) in [5, 5.41) is 13.6. The number of aryl methyl sites for hydroxylation is 1. The molecule has 0 saturated heterocycles. The fourth-order valence-electron chi connectivity index (χ4n) is 1.94. The third-order valence-corrected chi connectivity index (χ3v) is 2.90. The number of carbonyl (C=O) groups is 1. The van der Waals surface area contributed by atoms with E-state index in [-0.39, 0.29) is 6.03 Å². The molecule has 0 aliphatic rings. The van der Waals surface area contributed by atoms with Crippen LogP contribution in [0.2, 0.25) is 0 Å². The fourth-order valence-corrected chi connectivity index (χ4v) is 1.94. The van der Waals surface area contributed by atoms with Crippen molar-refractivity contribution in [3.8, 4) is 0 Å². The Balaban J connectivity index is 1.58. The summed E-state index contributed by atoms with van der Waals surface area (Å²) >= 11 is 0. The third kappa shape index (κ3) is 3.48.